The fourth-order valence-corrected chi connectivity index (χ4v) is 2.95. The van der Waals surface area contributed by atoms with Gasteiger partial charge in [0.15, 0.2) is 11.6 Å². The van der Waals surface area contributed by atoms with Crippen molar-refractivity contribution in [3.8, 4) is 5.75 Å². The maximum atomic E-state index is 13.5. The molecule has 0 bridgehead atoms. The van der Waals surface area contributed by atoms with Gasteiger partial charge >= 0.3 is 0 Å². The van der Waals surface area contributed by atoms with Crippen molar-refractivity contribution in [1.29, 1.82) is 0 Å². The highest BCUT2D eigenvalue weighted by Crippen LogP contribution is 2.29. The van der Waals surface area contributed by atoms with Gasteiger partial charge in [0, 0.05) is 6.04 Å². The molecule has 1 fully saturated rings. The molecular weight excluding hydrogens is 241 g/mol. The van der Waals surface area contributed by atoms with Gasteiger partial charge in [0.05, 0.1) is 6.61 Å². The van der Waals surface area contributed by atoms with Crippen LogP contribution in [0.1, 0.15) is 38.2 Å². The quantitative estimate of drug-likeness (QED) is 0.847. The summed E-state index contributed by atoms with van der Waals surface area (Å²) < 4.78 is 19.1. The van der Waals surface area contributed by atoms with E-state index in [0.717, 1.165) is 18.5 Å². The standard InChI is InChI=1S/C16H24FNO/c1-3-18-15-6-4-5-13(15)9-10-19-16-11-12(2)7-8-14(16)17/h7-8,11,13,15,18H,3-6,9-10H2,1-2H3. The van der Waals surface area contributed by atoms with Crippen molar-refractivity contribution >= 4 is 0 Å². The van der Waals surface area contributed by atoms with Crippen LogP contribution in [0, 0.1) is 18.7 Å². The fraction of sp³-hybridized carbons (Fsp3) is 0.625. The maximum Gasteiger partial charge on any atom is 0.165 e. The van der Waals surface area contributed by atoms with Gasteiger partial charge in [-0.1, -0.05) is 19.4 Å². The van der Waals surface area contributed by atoms with Crippen molar-refractivity contribution in [1.82, 2.24) is 5.32 Å². The molecule has 106 valence electrons. The Kier molecular flexibility index (Phi) is 5.20. The van der Waals surface area contributed by atoms with Gasteiger partial charge in [-0.15, -0.1) is 0 Å². The Hall–Kier alpha value is -1.09. The lowest BCUT2D eigenvalue weighted by molar-refractivity contribution is 0.252. The first-order valence-corrected chi connectivity index (χ1v) is 7.33. The van der Waals surface area contributed by atoms with Crippen LogP contribution in [0.2, 0.25) is 0 Å². The smallest absolute Gasteiger partial charge is 0.165 e. The number of halogens is 1. The van der Waals surface area contributed by atoms with Crippen molar-refractivity contribution in [2.45, 2.75) is 45.6 Å². The van der Waals surface area contributed by atoms with Crippen LogP contribution in [-0.4, -0.2) is 19.2 Å². The molecule has 1 aliphatic rings. The first-order valence-electron chi connectivity index (χ1n) is 7.33. The van der Waals surface area contributed by atoms with Crippen LogP contribution in [0.3, 0.4) is 0 Å². The molecule has 1 saturated carbocycles. The average molecular weight is 265 g/mol. The van der Waals surface area contributed by atoms with Gasteiger partial charge in [0.25, 0.3) is 0 Å². The molecule has 1 aromatic carbocycles. The van der Waals surface area contributed by atoms with Crippen LogP contribution in [0.25, 0.3) is 0 Å². The van der Waals surface area contributed by atoms with E-state index in [1.807, 2.05) is 6.92 Å². The zero-order valence-electron chi connectivity index (χ0n) is 11.9. The van der Waals surface area contributed by atoms with Gasteiger partial charge in [0.2, 0.25) is 0 Å². The zero-order chi connectivity index (χ0) is 13.7. The molecule has 0 aromatic heterocycles. The van der Waals surface area contributed by atoms with Crippen molar-refractivity contribution in [3.05, 3.63) is 29.6 Å². The number of hydrogen-bond donors (Lipinski definition) is 1. The van der Waals surface area contributed by atoms with Crippen LogP contribution in [-0.2, 0) is 0 Å². The van der Waals surface area contributed by atoms with Crippen molar-refractivity contribution in [2.24, 2.45) is 5.92 Å². The van der Waals surface area contributed by atoms with Crippen LogP contribution >= 0.6 is 0 Å². The monoisotopic (exact) mass is 265 g/mol. The Morgan fingerprint density at radius 2 is 2.21 bits per heavy atom. The molecule has 3 heteroatoms. The van der Waals surface area contributed by atoms with E-state index in [-0.39, 0.29) is 5.82 Å². The minimum atomic E-state index is -0.264. The summed E-state index contributed by atoms with van der Waals surface area (Å²) in [4.78, 5) is 0. The number of hydrogen-bond acceptors (Lipinski definition) is 2. The Bertz CT molecular complexity index is 408. The normalized spacial score (nSPS) is 22.7. The van der Waals surface area contributed by atoms with Gasteiger partial charge in [-0.2, -0.15) is 0 Å². The van der Waals surface area contributed by atoms with E-state index in [1.54, 1.807) is 12.1 Å². The molecule has 0 heterocycles. The molecule has 0 aliphatic heterocycles. The highest BCUT2D eigenvalue weighted by molar-refractivity contribution is 5.29. The molecular formula is C16H24FNO. The third-order valence-electron chi connectivity index (χ3n) is 3.96. The van der Waals surface area contributed by atoms with E-state index in [2.05, 4.69) is 12.2 Å². The van der Waals surface area contributed by atoms with Gasteiger partial charge in [-0.3, -0.25) is 0 Å². The highest BCUT2D eigenvalue weighted by Gasteiger charge is 2.26. The minimum Gasteiger partial charge on any atom is -0.490 e. The summed E-state index contributed by atoms with van der Waals surface area (Å²) >= 11 is 0. The van der Waals surface area contributed by atoms with Crippen LogP contribution in [0.15, 0.2) is 18.2 Å². The van der Waals surface area contributed by atoms with Gasteiger partial charge in [0.1, 0.15) is 0 Å². The summed E-state index contributed by atoms with van der Waals surface area (Å²) in [6, 6.07) is 5.63. The summed E-state index contributed by atoms with van der Waals surface area (Å²) in [6.45, 7) is 5.72. The Balaban J connectivity index is 1.81. The second-order valence-electron chi connectivity index (χ2n) is 5.43. The maximum absolute atomic E-state index is 13.5. The predicted octanol–water partition coefficient (Wildman–Crippen LogP) is 3.68. The summed E-state index contributed by atoms with van der Waals surface area (Å²) in [7, 11) is 0. The Labute approximate surface area is 115 Å². The Morgan fingerprint density at radius 1 is 1.37 bits per heavy atom. The van der Waals surface area contributed by atoms with E-state index in [9.17, 15) is 4.39 Å². The first-order chi connectivity index (χ1) is 9.20. The Morgan fingerprint density at radius 3 is 3.00 bits per heavy atom. The molecule has 19 heavy (non-hydrogen) atoms. The molecule has 0 spiro atoms. The van der Waals surface area contributed by atoms with Crippen LogP contribution < -0.4 is 10.1 Å². The average Bonchev–Trinajstić information content (AvgIpc) is 2.82. The SMILES string of the molecule is CCNC1CCCC1CCOc1cc(C)ccc1F. The largest absolute Gasteiger partial charge is 0.490 e. The lowest BCUT2D eigenvalue weighted by atomic mass is 10.00. The molecule has 0 amide bonds. The molecule has 2 unspecified atom stereocenters. The molecule has 0 saturated heterocycles. The van der Waals surface area contributed by atoms with E-state index in [1.165, 1.54) is 25.3 Å². The number of ether oxygens (including phenoxy) is 1. The zero-order valence-corrected chi connectivity index (χ0v) is 11.9. The van der Waals surface area contributed by atoms with E-state index >= 15 is 0 Å². The second-order valence-corrected chi connectivity index (χ2v) is 5.43. The molecule has 1 aliphatic carbocycles. The summed E-state index contributed by atoms with van der Waals surface area (Å²) in [5, 5.41) is 3.53. The molecule has 2 nitrogen and oxygen atoms in total. The third-order valence-corrected chi connectivity index (χ3v) is 3.96. The van der Waals surface area contributed by atoms with Gasteiger partial charge in [-0.05, 0) is 56.3 Å². The minimum absolute atomic E-state index is 0.264. The van der Waals surface area contributed by atoms with Crippen molar-refractivity contribution in [2.75, 3.05) is 13.2 Å². The number of aryl methyl sites for hydroxylation is 1. The molecule has 2 atom stereocenters. The molecule has 1 N–H and O–H groups in total. The van der Waals surface area contributed by atoms with Crippen LogP contribution in [0.4, 0.5) is 4.39 Å². The third kappa shape index (κ3) is 3.93. The second kappa shape index (κ2) is 6.90. The predicted molar refractivity (Wildman–Crippen MR) is 76.1 cm³/mol. The number of benzene rings is 1. The van der Waals surface area contributed by atoms with Crippen molar-refractivity contribution < 1.29 is 9.13 Å². The summed E-state index contributed by atoms with van der Waals surface area (Å²) in [6.07, 6.45) is 4.82. The van der Waals surface area contributed by atoms with Gasteiger partial charge in [-0.25, -0.2) is 4.39 Å². The first kappa shape index (κ1) is 14.3. The van der Waals surface area contributed by atoms with Crippen molar-refractivity contribution in [3.63, 3.8) is 0 Å². The molecule has 0 radical (unpaired) electrons. The number of nitrogens with one attached hydrogen (secondary N) is 1. The highest BCUT2D eigenvalue weighted by atomic mass is 19.1. The lowest BCUT2D eigenvalue weighted by Crippen LogP contribution is -2.32. The topological polar surface area (TPSA) is 21.3 Å². The lowest BCUT2D eigenvalue weighted by Gasteiger charge is -2.20. The number of rotatable bonds is 6. The summed E-state index contributed by atoms with van der Waals surface area (Å²) in [5.74, 6) is 0.797. The summed E-state index contributed by atoms with van der Waals surface area (Å²) in [5.41, 5.74) is 1.03. The van der Waals surface area contributed by atoms with Gasteiger partial charge < -0.3 is 10.1 Å². The molecule has 2 rings (SSSR count). The van der Waals surface area contributed by atoms with E-state index in [4.69, 9.17) is 4.74 Å². The van der Waals surface area contributed by atoms with Crippen LogP contribution in [0.5, 0.6) is 5.75 Å². The molecule has 1 aromatic rings. The van der Waals surface area contributed by atoms with E-state index < -0.39 is 0 Å². The van der Waals surface area contributed by atoms with E-state index in [0.29, 0.717) is 24.3 Å². The fourth-order valence-electron chi connectivity index (χ4n) is 2.95.